The monoisotopic (exact) mass is 272 g/mol. The van der Waals surface area contributed by atoms with E-state index in [4.69, 9.17) is 0 Å². The highest BCUT2D eigenvalue weighted by molar-refractivity contribution is 8.01. The van der Waals surface area contributed by atoms with Gasteiger partial charge in [-0.3, -0.25) is 0 Å². The number of thioether (sulfide) groups is 1. The highest BCUT2D eigenvalue weighted by Gasteiger charge is 2.33. The van der Waals surface area contributed by atoms with Gasteiger partial charge in [-0.05, 0) is 25.8 Å². The average Bonchev–Trinajstić information content (AvgIpc) is 2.88. The van der Waals surface area contributed by atoms with Crippen molar-refractivity contribution in [3.8, 4) is 0 Å². The lowest BCUT2D eigenvalue weighted by molar-refractivity contribution is 0.464. The molecule has 0 bridgehead atoms. The molecule has 4 nitrogen and oxygen atoms in total. The average molecular weight is 272 g/mol. The van der Waals surface area contributed by atoms with Gasteiger partial charge in [0.2, 0.25) is 5.13 Å². The fourth-order valence-electron chi connectivity index (χ4n) is 2.26. The summed E-state index contributed by atoms with van der Waals surface area (Å²) in [7, 11) is 6.07. The second kappa shape index (κ2) is 5.54. The Balaban J connectivity index is 1.97. The van der Waals surface area contributed by atoms with Gasteiger partial charge < -0.3 is 10.2 Å². The largest absolute Gasteiger partial charge is 0.353 e. The summed E-state index contributed by atoms with van der Waals surface area (Å²) in [6.07, 6.45) is 2.54. The van der Waals surface area contributed by atoms with Crippen LogP contribution in [-0.2, 0) is 0 Å². The Morgan fingerprint density at radius 3 is 2.65 bits per heavy atom. The Morgan fingerprint density at radius 2 is 2.12 bits per heavy atom. The lowest BCUT2D eigenvalue weighted by atomic mass is 10.1. The van der Waals surface area contributed by atoms with Gasteiger partial charge in [0, 0.05) is 25.4 Å². The molecule has 0 aromatic carbocycles. The molecule has 1 aliphatic carbocycles. The van der Waals surface area contributed by atoms with Crippen molar-refractivity contribution in [1.29, 1.82) is 0 Å². The number of hydrogen-bond acceptors (Lipinski definition) is 6. The standard InChI is InChI=1S/C11H20N4S2/c1-7-8(12-2)5-6-9(7)16-11-14-13-10(17-11)15(3)4/h7-9,12H,5-6H2,1-4H3. The molecule has 0 amide bonds. The van der Waals surface area contributed by atoms with Crippen molar-refractivity contribution in [2.45, 2.75) is 35.4 Å². The quantitative estimate of drug-likeness (QED) is 0.909. The first kappa shape index (κ1) is 13.1. The number of rotatable bonds is 4. The number of anilines is 1. The summed E-state index contributed by atoms with van der Waals surface area (Å²) in [6.45, 7) is 2.33. The number of nitrogens with one attached hydrogen (secondary N) is 1. The normalized spacial score (nSPS) is 28.6. The maximum Gasteiger partial charge on any atom is 0.208 e. The Morgan fingerprint density at radius 1 is 1.35 bits per heavy atom. The second-order valence-corrected chi connectivity index (χ2v) is 7.18. The first-order valence-electron chi connectivity index (χ1n) is 5.96. The van der Waals surface area contributed by atoms with Gasteiger partial charge in [0.25, 0.3) is 0 Å². The van der Waals surface area contributed by atoms with Crippen LogP contribution in [0.3, 0.4) is 0 Å². The van der Waals surface area contributed by atoms with E-state index in [1.807, 2.05) is 30.8 Å². The molecule has 1 fully saturated rings. The van der Waals surface area contributed by atoms with Crippen LogP contribution in [0.15, 0.2) is 4.34 Å². The predicted molar refractivity (Wildman–Crippen MR) is 75.1 cm³/mol. The Bertz CT molecular complexity index is 366. The summed E-state index contributed by atoms with van der Waals surface area (Å²) < 4.78 is 1.10. The molecule has 1 heterocycles. The maximum atomic E-state index is 4.26. The Kier molecular flexibility index (Phi) is 4.27. The number of aromatic nitrogens is 2. The van der Waals surface area contributed by atoms with Crippen molar-refractivity contribution >= 4 is 28.2 Å². The lowest BCUT2D eigenvalue weighted by Gasteiger charge is -2.18. The first-order valence-corrected chi connectivity index (χ1v) is 7.66. The molecule has 1 aromatic rings. The van der Waals surface area contributed by atoms with Crippen LogP contribution in [0, 0.1) is 5.92 Å². The van der Waals surface area contributed by atoms with E-state index in [1.54, 1.807) is 11.3 Å². The summed E-state index contributed by atoms with van der Waals surface area (Å²) >= 11 is 3.58. The van der Waals surface area contributed by atoms with E-state index < -0.39 is 0 Å². The third-order valence-electron chi connectivity index (χ3n) is 3.38. The molecular formula is C11H20N4S2. The van der Waals surface area contributed by atoms with E-state index in [1.165, 1.54) is 12.8 Å². The minimum Gasteiger partial charge on any atom is -0.353 e. The molecule has 1 aromatic heterocycles. The fraction of sp³-hybridized carbons (Fsp3) is 0.818. The molecule has 0 saturated heterocycles. The highest BCUT2D eigenvalue weighted by atomic mass is 32.2. The van der Waals surface area contributed by atoms with E-state index in [2.05, 4.69) is 29.5 Å². The second-order valence-electron chi connectivity index (χ2n) is 4.73. The summed E-state index contributed by atoms with van der Waals surface area (Å²) in [4.78, 5) is 2.01. The van der Waals surface area contributed by atoms with Gasteiger partial charge in [-0.1, -0.05) is 30.0 Å². The van der Waals surface area contributed by atoms with E-state index >= 15 is 0 Å². The SMILES string of the molecule is CNC1CCC(Sc2nnc(N(C)C)s2)C1C. The van der Waals surface area contributed by atoms with Crippen LogP contribution in [0.5, 0.6) is 0 Å². The van der Waals surface area contributed by atoms with E-state index in [-0.39, 0.29) is 0 Å². The number of nitrogens with zero attached hydrogens (tertiary/aromatic N) is 3. The smallest absolute Gasteiger partial charge is 0.208 e. The molecule has 0 spiro atoms. The van der Waals surface area contributed by atoms with Gasteiger partial charge in [-0.2, -0.15) is 0 Å². The molecular weight excluding hydrogens is 252 g/mol. The van der Waals surface area contributed by atoms with E-state index in [9.17, 15) is 0 Å². The zero-order chi connectivity index (χ0) is 12.4. The van der Waals surface area contributed by atoms with Crippen molar-refractivity contribution in [1.82, 2.24) is 15.5 Å². The molecule has 0 aliphatic heterocycles. The van der Waals surface area contributed by atoms with Gasteiger partial charge in [0.1, 0.15) is 0 Å². The summed E-state index contributed by atoms with van der Waals surface area (Å²) in [5.74, 6) is 0.705. The first-order chi connectivity index (χ1) is 8.11. The molecule has 0 radical (unpaired) electrons. The van der Waals surface area contributed by atoms with Crippen molar-refractivity contribution < 1.29 is 0 Å². The zero-order valence-electron chi connectivity index (χ0n) is 10.8. The van der Waals surface area contributed by atoms with Gasteiger partial charge in [-0.15, -0.1) is 10.2 Å². The number of hydrogen-bond donors (Lipinski definition) is 1. The van der Waals surface area contributed by atoms with Crippen LogP contribution >= 0.6 is 23.1 Å². The molecule has 6 heteroatoms. The molecule has 1 aliphatic rings. The van der Waals surface area contributed by atoms with Gasteiger partial charge in [-0.25, -0.2) is 0 Å². The zero-order valence-corrected chi connectivity index (χ0v) is 12.4. The topological polar surface area (TPSA) is 41.1 Å². The maximum absolute atomic E-state index is 4.26. The van der Waals surface area contributed by atoms with Crippen LogP contribution < -0.4 is 10.2 Å². The van der Waals surface area contributed by atoms with Crippen LogP contribution in [0.1, 0.15) is 19.8 Å². The Labute approximate surface area is 111 Å². The van der Waals surface area contributed by atoms with Crippen LogP contribution in [0.25, 0.3) is 0 Å². The van der Waals surface area contributed by atoms with Gasteiger partial charge >= 0.3 is 0 Å². The molecule has 1 N–H and O–H groups in total. The third kappa shape index (κ3) is 2.92. The van der Waals surface area contributed by atoms with Gasteiger partial charge in [0.05, 0.1) is 0 Å². The fourth-order valence-corrected chi connectivity index (χ4v) is 4.56. The Hall–Kier alpha value is -0.330. The summed E-state index contributed by atoms with van der Waals surface area (Å²) in [5, 5.41) is 13.5. The van der Waals surface area contributed by atoms with Crippen molar-refractivity contribution in [2.75, 3.05) is 26.0 Å². The third-order valence-corrected chi connectivity index (χ3v) is 6.06. The van der Waals surface area contributed by atoms with Crippen molar-refractivity contribution in [3.63, 3.8) is 0 Å². The molecule has 1 saturated carbocycles. The predicted octanol–water partition coefficient (Wildman–Crippen LogP) is 2.08. The van der Waals surface area contributed by atoms with Crippen LogP contribution in [0.2, 0.25) is 0 Å². The molecule has 17 heavy (non-hydrogen) atoms. The van der Waals surface area contributed by atoms with Gasteiger partial charge in [0.15, 0.2) is 4.34 Å². The summed E-state index contributed by atoms with van der Waals surface area (Å²) in [5.41, 5.74) is 0. The molecule has 96 valence electrons. The van der Waals surface area contributed by atoms with Crippen molar-refractivity contribution in [3.05, 3.63) is 0 Å². The summed E-state index contributed by atoms with van der Waals surface area (Å²) in [6, 6.07) is 0.661. The van der Waals surface area contributed by atoms with E-state index in [0.717, 1.165) is 9.47 Å². The highest BCUT2D eigenvalue weighted by Crippen LogP contribution is 2.40. The minimum atomic E-state index is 0.661. The molecule has 3 unspecified atom stereocenters. The van der Waals surface area contributed by atoms with Crippen molar-refractivity contribution in [2.24, 2.45) is 5.92 Å². The van der Waals surface area contributed by atoms with E-state index in [0.29, 0.717) is 17.2 Å². The molecule has 2 rings (SSSR count). The van der Waals surface area contributed by atoms with Crippen LogP contribution in [0.4, 0.5) is 5.13 Å². The lowest BCUT2D eigenvalue weighted by Crippen LogP contribution is -2.29. The van der Waals surface area contributed by atoms with Crippen LogP contribution in [-0.4, -0.2) is 42.6 Å². The molecule has 3 atom stereocenters. The minimum absolute atomic E-state index is 0.661.